The summed E-state index contributed by atoms with van der Waals surface area (Å²) in [5, 5.41) is 5.44. The van der Waals surface area contributed by atoms with Gasteiger partial charge in [-0.15, -0.1) is 0 Å². The number of amides is 2. The number of carbonyl (C=O) groups excluding carboxylic acids is 2. The van der Waals surface area contributed by atoms with Gasteiger partial charge in [-0.3, -0.25) is 9.59 Å². The van der Waals surface area contributed by atoms with Crippen molar-refractivity contribution >= 4 is 23.6 Å². The van der Waals surface area contributed by atoms with E-state index in [1.807, 2.05) is 36.4 Å². The topological polar surface area (TPSA) is 58.2 Å². The van der Waals surface area contributed by atoms with Crippen LogP contribution in [0.1, 0.15) is 25.8 Å². The molecule has 0 heterocycles. The molecule has 0 unspecified atom stereocenters. The molecule has 0 aliphatic carbocycles. The number of benzene rings is 1. The summed E-state index contributed by atoms with van der Waals surface area (Å²) in [5.41, 5.74) is 1.85. The Bertz CT molecular complexity index is 436. The Balaban J connectivity index is 2.40. The highest BCUT2D eigenvalue weighted by Gasteiger charge is 1.94. The molecule has 0 aliphatic rings. The molecular weight excluding hydrogens is 228 g/mol. The van der Waals surface area contributed by atoms with E-state index in [1.54, 1.807) is 0 Å². The van der Waals surface area contributed by atoms with Crippen molar-refractivity contribution in [2.24, 2.45) is 0 Å². The van der Waals surface area contributed by atoms with Crippen LogP contribution in [0, 0.1) is 0 Å². The normalized spacial score (nSPS) is 10.3. The first kappa shape index (κ1) is 14.0. The van der Waals surface area contributed by atoms with Crippen LogP contribution in [0.3, 0.4) is 0 Å². The zero-order chi connectivity index (χ0) is 13.4. The first-order valence-electron chi connectivity index (χ1n) is 5.86. The van der Waals surface area contributed by atoms with Crippen molar-refractivity contribution in [3.63, 3.8) is 0 Å². The van der Waals surface area contributed by atoms with Gasteiger partial charge in [-0.2, -0.15) is 0 Å². The second kappa shape index (κ2) is 7.27. The lowest BCUT2D eigenvalue weighted by atomic mass is 10.2. The molecule has 0 spiro atoms. The first-order chi connectivity index (χ1) is 8.58. The van der Waals surface area contributed by atoms with Gasteiger partial charge < -0.3 is 10.6 Å². The first-order valence-corrected chi connectivity index (χ1v) is 5.86. The van der Waals surface area contributed by atoms with Gasteiger partial charge in [0.1, 0.15) is 0 Å². The van der Waals surface area contributed by atoms with E-state index in [1.165, 1.54) is 13.8 Å². The number of carbonyl (C=O) groups is 2. The lowest BCUT2D eigenvalue weighted by Gasteiger charge is -2.01. The molecular formula is C14H18N2O2. The summed E-state index contributed by atoms with van der Waals surface area (Å²) in [6, 6.07) is 7.57. The molecule has 4 nitrogen and oxygen atoms in total. The number of hydrogen-bond acceptors (Lipinski definition) is 2. The van der Waals surface area contributed by atoms with E-state index in [9.17, 15) is 9.59 Å². The fourth-order valence-corrected chi connectivity index (χ4v) is 1.43. The molecule has 0 aliphatic heterocycles. The largest absolute Gasteiger partial charge is 0.356 e. The molecule has 4 heteroatoms. The zero-order valence-electron chi connectivity index (χ0n) is 10.7. The molecule has 2 amide bonds. The zero-order valence-corrected chi connectivity index (χ0v) is 10.7. The van der Waals surface area contributed by atoms with Crippen LogP contribution >= 0.6 is 0 Å². The molecule has 0 radical (unpaired) electrons. The third-order valence-corrected chi connectivity index (χ3v) is 2.23. The Morgan fingerprint density at radius 2 is 1.78 bits per heavy atom. The summed E-state index contributed by atoms with van der Waals surface area (Å²) >= 11 is 0. The summed E-state index contributed by atoms with van der Waals surface area (Å²) < 4.78 is 0. The SMILES string of the molecule is CC(=O)NCCC=Cc1ccc(NC(C)=O)cc1. The maximum atomic E-state index is 10.8. The van der Waals surface area contributed by atoms with Gasteiger partial charge in [0.05, 0.1) is 0 Å². The van der Waals surface area contributed by atoms with E-state index in [0.29, 0.717) is 6.54 Å². The summed E-state index contributed by atoms with van der Waals surface area (Å²) in [6.45, 7) is 3.64. The predicted molar refractivity (Wildman–Crippen MR) is 73.1 cm³/mol. The number of anilines is 1. The highest BCUT2D eigenvalue weighted by Crippen LogP contribution is 2.10. The van der Waals surface area contributed by atoms with Gasteiger partial charge in [-0.25, -0.2) is 0 Å². The molecule has 1 rings (SSSR count). The van der Waals surface area contributed by atoms with Crippen LogP contribution in [0.2, 0.25) is 0 Å². The minimum Gasteiger partial charge on any atom is -0.356 e. The summed E-state index contributed by atoms with van der Waals surface area (Å²) in [4.78, 5) is 21.5. The van der Waals surface area contributed by atoms with Crippen molar-refractivity contribution in [3.8, 4) is 0 Å². The number of rotatable bonds is 5. The van der Waals surface area contributed by atoms with Gasteiger partial charge in [-0.05, 0) is 24.1 Å². The third kappa shape index (κ3) is 5.84. The van der Waals surface area contributed by atoms with Gasteiger partial charge in [-0.1, -0.05) is 24.3 Å². The second-order valence-corrected chi connectivity index (χ2v) is 3.98. The molecule has 1 aromatic carbocycles. The molecule has 18 heavy (non-hydrogen) atoms. The highest BCUT2D eigenvalue weighted by atomic mass is 16.2. The van der Waals surface area contributed by atoms with Gasteiger partial charge in [0, 0.05) is 26.1 Å². The number of nitrogens with one attached hydrogen (secondary N) is 2. The predicted octanol–water partition coefficient (Wildman–Crippen LogP) is 2.18. The highest BCUT2D eigenvalue weighted by molar-refractivity contribution is 5.88. The molecule has 0 saturated heterocycles. The Hall–Kier alpha value is -2.10. The third-order valence-electron chi connectivity index (χ3n) is 2.23. The van der Waals surface area contributed by atoms with Crippen molar-refractivity contribution in [2.45, 2.75) is 20.3 Å². The van der Waals surface area contributed by atoms with Crippen LogP contribution in [-0.2, 0) is 9.59 Å². The number of hydrogen-bond donors (Lipinski definition) is 2. The molecule has 0 atom stereocenters. The monoisotopic (exact) mass is 246 g/mol. The van der Waals surface area contributed by atoms with E-state index >= 15 is 0 Å². The molecule has 96 valence electrons. The smallest absolute Gasteiger partial charge is 0.221 e. The van der Waals surface area contributed by atoms with E-state index < -0.39 is 0 Å². The molecule has 0 fully saturated rings. The van der Waals surface area contributed by atoms with Crippen molar-refractivity contribution < 1.29 is 9.59 Å². The average molecular weight is 246 g/mol. The quantitative estimate of drug-likeness (QED) is 0.782. The van der Waals surface area contributed by atoms with E-state index in [4.69, 9.17) is 0 Å². The van der Waals surface area contributed by atoms with Crippen LogP contribution in [-0.4, -0.2) is 18.4 Å². The minimum absolute atomic E-state index is 0.0111. The summed E-state index contributed by atoms with van der Waals surface area (Å²) in [7, 11) is 0. The van der Waals surface area contributed by atoms with Crippen molar-refractivity contribution in [2.75, 3.05) is 11.9 Å². The second-order valence-electron chi connectivity index (χ2n) is 3.98. The minimum atomic E-state index is -0.0754. The molecule has 0 aromatic heterocycles. The maximum Gasteiger partial charge on any atom is 0.221 e. The lowest BCUT2D eigenvalue weighted by molar-refractivity contribution is -0.119. The molecule has 1 aromatic rings. The van der Waals surface area contributed by atoms with Gasteiger partial charge >= 0.3 is 0 Å². The fraction of sp³-hybridized carbons (Fsp3) is 0.286. The van der Waals surface area contributed by atoms with Crippen molar-refractivity contribution in [1.82, 2.24) is 5.32 Å². The molecule has 2 N–H and O–H groups in total. The fourth-order valence-electron chi connectivity index (χ4n) is 1.43. The lowest BCUT2D eigenvalue weighted by Crippen LogP contribution is -2.20. The van der Waals surface area contributed by atoms with Crippen LogP contribution in [0.4, 0.5) is 5.69 Å². The molecule has 0 saturated carbocycles. The van der Waals surface area contributed by atoms with Gasteiger partial charge in [0.25, 0.3) is 0 Å². The Morgan fingerprint density at radius 3 is 2.33 bits per heavy atom. The van der Waals surface area contributed by atoms with Crippen LogP contribution in [0.25, 0.3) is 6.08 Å². The summed E-state index contributed by atoms with van der Waals surface area (Å²) in [5.74, 6) is -0.0864. The van der Waals surface area contributed by atoms with Crippen LogP contribution in [0.15, 0.2) is 30.3 Å². The summed E-state index contributed by atoms with van der Waals surface area (Å²) in [6.07, 6.45) is 4.79. The standard InChI is InChI=1S/C14H18N2O2/c1-11(17)15-10-4-3-5-13-6-8-14(9-7-13)16-12(2)18/h3,5-9H,4,10H2,1-2H3,(H,15,17)(H,16,18). The average Bonchev–Trinajstić information content (AvgIpc) is 2.30. The van der Waals surface area contributed by atoms with Crippen molar-refractivity contribution in [1.29, 1.82) is 0 Å². The van der Waals surface area contributed by atoms with Crippen LogP contribution < -0.4 is 10.6 Å². The Labute approximate surface area is 107 Å². The maximum absolute atomic E-state index is 10.8. The Kier molecular flexibility index (Phi) is 5.64. The van der Waals surface area contributed by atoms with E-state index in [0.717, 1.165) is 17.7 Å². The van der Waals surface area contributed by atoms with Crippen molar-refractivity contribution in [3.05, 3.63) is 35.9 Å². The Morgan fingerprint density at radius 1 is 1.11 bits per heavy atom. The van der Waals surface area contributed by atoms with Gasteiger partial charge in [0.2, 0.25) is 11.8 Å². The molecule has 0 bridgehead atoms. The van der Waals surface area contributed by atoms with E-state index in [2.05, 4.69) is 10.6 Å². The van der Waals surface area contributed by atoms with Gasteiger partial charge in [0.15, 0.2) is 0 Å². The van der Waals surface area contributed by atoms with E-state index in [-0.39, 0.29) is 11.8 Å². The van der Waals surface area contributed by atoms with Crippen LogP contribution in [0.5, 0.6) is 0 Å².